The normalized spacial score (nSPS) is 13.9. The van der Waals surface area contributed by atoms with Crippen LogP contribution in [0.2, 0.25) is 0 Å². The highest BCUT2D eigenvalue weighted by atomic mass is 19.1. The van der Waals surface area contributed by atoms with Crippen LogP contribution in [0.3, 0.4) is 0 Å². The van der Waals surface area contributed by atoms with Gasteiger partial charge in [-0.05, 0) is 56.2 Å². The molecule has 1 aromatic carbocycles. The Kier molecular flexibility index (Phi) is 7.24. The van der Waals surface area contributed by atoms with Crippen LogP contribution in [-0.2, 0) is 16.0 Å². The molecular formula is C24H27FN4O3. The molecule has 0 unspecified atom stereocenters. The van der Waals surface area contributed by atoms with E-state index >= 15 is 0 Å². The molecule has 0 amide bonds. The molecule has 32 heavy (non-hydrogen) atoms. The molecule has 2 aromatic heterocycles. The van der Waals surface area contributed by atoms with Gasteiger partial charge in [-0.15, -0.1) is 0 Å². The average molecular weight is 439 g/mol. The van der Waals surface area contributed by atoms with E-state index in [1.54, 1.807) is 16.7 Å². The van der Waals surface area contributed by atoms with E-state index in [4.69, 9.17) is 9.47 Å². The number of nitrogens with one attached hydrogen (secondary N) is 1. The fourth-order valence-corrected chi connectivity index (χ4v) is 3.66. The fraction of sp³-hybridized carbons (Fsp3) is 0.375. The zero-order valence-corrected chi connectivity index (χ0v) is 18.1. The molecule has 7 nitrogen and oxygen atoms in total. The molecule has 0 saturated carbocycles. The smallest absolute Gasteiger partial charge is 0.295 e. The van der Waals surface area contributed by atoms with Crippen LogP contribution in [0.5, 0.6) is 0 Å². The number of ether oxygens (including phenoxy) is 2. The molecule has 0 bridgehead atoms. The minimum absolute atomic E-state index is 0.234. The molecule has 0 spiro atoms. The molecule has 0 atom stereocenters. The lowest BCUT2D eigenvalue weighted by Gasteiger charge is -2.15. The van der Waals surface area contributed by atoms with Gasteiger partial charge in [0.15, 0.2) is 11.5 Å². The van der Waals surface area contributed by atoms with Gasteiger partial charge in [-0.3, -0.25) is 9.36 Å². The summed E-state index contributed by atoms with van der Waals surface area (Å²) in [5.41, 5.74) is 3.60. The standard InChI is InChI=1S/C24H27FN4O3/c1-2-31-16-13-29-23-21(8-7-20(28-23)18-3-5-19(25)6-4-18)27-22(24(29)30)26-12-9-17-10-14-32-15-11-17/h3-8,10H,2,9,11-16H2,1H3,(H,26,27). The van der Waals surface area contributed by atoms with Gasteiger partial charge in [-0.25, -0.2) is 14.4 Å². The second-order valence-electron chi connectivity index (χ2n) is 7.52. The van der Waals surface area contributed by atoms with Crippen molar-refractivity contribution in [2.45, 2.75) is 26.3 Å². The Bertz CT molecular complexity index is 1160. The number of rotatable bonds is 9. The minimum Gasteiger partial charge on any atom is -0.380 e. The summed E-state index contributed by atoms with van der Waals surface area (Å²) in [7, 11) is 0. The van der Waals surface area contributed by atoms with Crippen molar-refractivity contribution < 1.29 is 13.9 Å². The molecular weight excluding hydrogens is 411 g/mol. The third-order valence-electron chi connectivity index (χ3n) is 5.39. The Balaban J connectivity index is 1.65. The van der Waals surface area contributed by atoms with Crippen molar-refractivity contribution in [3.63, 3.8) is 0 Å². The predicted octanol–water partition coefficient (Wildman–Crippen LogP) is 3.78. The predicted molar refractivity (Wildman–Crippen MR) is 122 cm³/mol. The third-order valence-corrected chi connectivity index (χ3v) is 5.39. The van der Waals surface area contributed by atoms with E-state index < -0.39 is 0 Å². The number of hydrogen-bond donors (Lipinski definition) is 1. The zero-order chi connectivity index (χ0) is 22.3. The van der Waals surface area contributed by atoms with E-state index in [9.17, 15) is 9.18 Å². The Hall–Kier alpha value is -3.10. The molecule has 8 heteroatoms. The molecule has 0 aliphatic carbocycles. The maximum Gasteiger partial charge on any atom is 0.295 e. The molecule has 3 aromatic rings. The molecule has 0 saturated heterocycles. The molecule has 0 fully saturated rings. The summed E-state index contributed by atoms with van der Waals surface area (Å²) in [6.07, 6.45) is 3.85. The van der Waals surface area contributed by atoms with E-state index in [0.29, 0.717) is 55.6 Å². The quantitative estimate of drug-likeness (QED) is 0.405. The van der Waals surface area contributed by atoms with Crippen molar-refractivity contribution in [3.8, 4) is 11.3 Å². The first-order chi connectivity index (χ1) is 15.7. The lowest BCUT2D eigenvalue weighted by molar-refractivity contribution is 0.139. The summed E-state index contributed by atoms with van der Waals surface area (Å²) < 4.78 is 25.7. The van der Waals surface area contributed by atoms with Gasteiger partial charge < -0.3 is 14.8 Å². The third kappa shape index (κ3) is 5.20. The van der Waals surface area contributed by atoms with Gasteiger partial charge in [-0.1, -0.05) is 11.6 Å². The van der Waals surface area contributed by atoms with E-state index in [1.807, 2.05) is 19.1 Å². The van der Waals surface area contributed by atoms with Crippen molar-refractivity contribution >= 4 is 17.0 Å². The number of nitrogens with zero attached hydrogens (tertiary/aromatic N) is 3. The van der Waals surface area contributed by atoms with E-state index in [0.717, 1.165) is 25.0 Å². The summed E-state index contributed by atoms with van der Waals surface area (Å²) in [5.74, 6) is -0.00458. The highest BCUT2D eigenvalue weighted by Gasteiger charge is 2.14. The highest BCUT2D eigenvalue weighted by molar-refractivity contribution is 5.76. The zero-order valence-electron chi connectivity index (χ0n) is 18.1. The van der Waals surface area contributed by atoms with Crippen LogP contribution in [0.1, 0.15) is 19.8 Å². The van der Waals surface area contributed by atoms with Crippen molar-refractivity contribution in [3.05, 3.63) is 64.2 Å². The van der Waals surface area contributed by atoms with Gasteiger partial charge in [0.1, 0.15) is 11.3 Å². The number of hydrogen-bond acceptors (Lipinski definition) is 6. The first kappa shape index (κ1) is 22.1. The molecule has 168 valence electrons. The molecule has 1 aliphatic heterocycles. The molecule has 4 rings (SSSR count). The van der Waals surface area contributed by atoms with Crippen LogP contribution < -0.4 is 10.9 Å². The number of aromatic nitrogens is 3. The Morgan fingerprint density at radius 2 is 2.03 bits per heavy atom. The van der Waals surface area contributed by atoms with E-state index in [-0.39, 0.29) is 11.4 Å². The summed E-state index contributed by atoms with van der Waals surface area (Å²) in [6, 6.07) is 9.78. The molecule has 1 N–H and O–H groups in total. The van der Waals surface area contributed by atoms with Gasteiger partial charge in [-0.2, -0.15) is 0 Å². The number of fused-ring (bicyclic) bond motifs is 1. The molecule has 1 aliphatic rings. The second kappa shape index (κ2) is 10.5. The minimum atomic E-state index is -0.308. The fourth-order valence-electron chi connectivity index (χ4n) is 3.66. The molecule has 0 radical (unpaired) electrons. The van der Waals surface area contributed by atoms with Crippen molar-refractivity contribution in [2.24, 2.45) is 0 Å². The van der Waals surface area contributed by atoms with Gasteiger partial charge >= 0.3 is 0 Å². The monoisotopic (exact) mass is 438 g/mol. The van der Waals surface area contributed by atoms with Crippen LogP contribution in [0.15, 0.2) is 52.8 Å². The SMILES string of the molecule is CCOCCn1c(=O)c(NCCC2=CCOCC2)nc2ccc(-c3ccc(F)cc3)nc21. The topological polar surface area (TPSA) is 78.3 Å². The second-order valence-corrected chi connectivity index (χ2v) is 7.52. The Morgan fingerprint density at radius 1 is 1.19 bits per heavy atom. The van der Waals surface area contributed by atoms with Crippen LogP contribution in [-0.4, -0.2) is 47.5 Å². The summed E-state index contributed by atoms with van der Waals surface area (Å²) in [4.78, 5) is 22.4. The highest BCUT2D eigenvalue weighted by Crippen LogP contribution is 2.21. The number of halogens is 1. The summed E-state index contributed by atoms with van der Waals surface area (Å²) >= 11 is 0. The van der Waals surface area contributed by atoms with Gasteiger partial charge in [0.05, 0.1) is 32.1 Å². The van der Waals surface area contributed by atoms with E-state index in [1.165, 1.54) is 17.7 Å². The maximum absolute atomic E-state index is 13.3. The van der Waals surface area contributed by atoms with Crippen LogP contribution in [0.4, 0.5) is 10.2 Å². The summed E-state index contributed by atoms with van der Waals surface area (Å²) in [5, 5.41) is 3.20. The lowest BCUT2D eigenvalue weighted by atomic mass is 10.1. The molecule has 3 heterocycles. The number of benzene rings is 1. The van der Waals surface area contributed by atoms with Crippen molar-refractivity contribution in [2.75, 3.05) is 38.3 Å². The first-order valence-electron chi connectivity index (χ1n) is 10.9. The maximum atomic E-state index is 13.3. The van der Waals surface area contributed by atoms with E-state index in [2.05, 4.69) is 21.4 Å². The van der Waals surface area contributed by atoms with Gasteiger partial charge in [0, 0.05) is 18.7 Å². The summed E-state index contributed by atoms with van der Waals surface area (Å²) in [6.45, 7) is 5.24. The average Bonchev–Trinajstić information content (AvgIpc) is 2.82. The van der Waals surface area contributed by atoms with Crippen molar-refractivity contribution in [1.82, 2.24) is 14.5 Å². The van der Waals surface area contributed by atoms with Crippen LogP contribution in [0.25, 0.3) is 22.4 Å². The van der Waals surface area contributed by atoms with Crippen molar-refractivity contribution in [1.29, 1.82) is 0 Å². The largest absolute Gasteiger partial charge is 0.380 e. The first-order valence-corrected chi connectivity index (χ1v) is 10.9. The van der Waals surface area contributed by atoms with Crippen LogP contribution >= 0.6 is 0 Å². The number of pyridine rings is 1. The lowest BCUT2D eigenvalue weighted by Crippen LogP contribution is -2.28. The van der Waals surface area contributed by atoms with Gasteiger partial charge in [0.2, 0.25) is 0 Å². The Morgan fingerprint density at radius 3 is 2.78 bits per heavy atom. The van der Waals surface area contributed by atoms with Gasteiger partial charge in [0.25, 0.3) is 5.56 Å². The van der Waals surface area contributed by atoms with Crippen LogP contribution in [0, 0.1) is 5.82 Å². The number of anilines is 1. The Labute approximate surface area is 185 Å².